The normalized spacial score (nSPS) is 22.5. The minimum Gasteiger partial charge on any atom is -0.375 e. The molecule has 25 heavy (non-hydrogen) atoms. The van der Waals surface area contributed by atoms with Crippen LogP contribution in [0.3, 0.4) is 0 Å². The number of fused-ring (bicyclic) bond motifs is 1. The van der Waals surface area contributed by atoms with Crippen LogP contribution < -0.4 is 0 Å². The first-order valence-corrected chi connectivity index (χ1v) is 8.10. The first kappa shape index (κ1) is 17.6. The zero-order chi connectivity index (χ0) is 18.0. The molecule has 0 bridgehead atoms. The summed E-state index contributed by atoms with van der Waals surface area (Å²) in [6, 6.07) is 6.29. The molecule has 2 atom stereocenters. The van der Waals surface area contributed by atoms with Gasteiger partial charge < -0.3 is 4.74 Å². The molecule has 0 radical (unpaired) electrons. The van der Waals surface area contributed by atoms with E-state index >= 15 is 4.39 Å². The number of benzene rings is 1. The van der Waals surface area contributed by atoms with Crippen LogP contribution in [0.15, 0.2) is 36.5 Å². The van der Waals surface area contributed by atoms with Crippen LogP contribution in [0.25, 0.3) is 0 Å². The number of methoxy groups -OCH3 is 1. The molecule has 0 amide bonds. The lowest BCUT2D eigenvalue weighted by Gasteiger charge is -2.33. The molecule has 1 aromatic heterocycles. The highest BCUT2D eigenvalue weighted by molar-refractivity contribution is 5.89. The number of carbonyl (C=O) groups is 1. The third kappa shape index (κ3) is 3.31. The summed E-state index contributed by atoms with van der Waals surface area (Å²) in [7, 11) is 1.52. The van der Waals surface area contributed by atoms with Crippen molar-refractivity contribution in [1.82, 2.24) is 4.98 Å². The van der Waals surface area contributed by atoms with Crippen molar-refractivity contribution in [3.63, 3.8) is 0 Å². The lowest BCUT2D eigenvalue weighted by atomic mass is 9.77. The van der Waals surface area contributed by atoms with Crippen LogP contribution >= 0.6 is 0 Å². The van der Waals surface area contributed by atoms with Crippen molar-refractivity contribution in [3.05, 3.63) is 65.0 Å². The number of halogens is 3. The Morgan fingerprint density at radius 2 is 2.16 bits per heavy atom. The zero-order valence-electron chi connectivity index (χ0n) is 13.8. The number of aromatic nitrogens is 1. The lowest BCUT2D eigenvalue weighted by molar-refractivity contribution is -0.133. The third-order valence-electron chi connectivity index (χ3n) is 4.68. The Balaban J connectivity index is 1.81. The molecule has 0 spiro atoms. The van der Waals surface area contributed by atoms with Gasteiger partial charge in [0.15, 0.2) is 11.5 Å². The van der Waals surface area contributed by atoms with Gasteiger partial charge in [0.1, 0.15) is 11.6 Å². The molecule has 0 saturated carbocycles. The molecule has 0 unspecified atom stereocenters. The fraction of sp³-hybridized carbons (Fsp3) is 0.368. The van der Waals surface area contributed by atoms with E-state index in [-0.39, 0.29) is 36.5 Å². The van der Waals surface area contributed by atoms with Crippen LogP contribution in [0.4, 0.5) is 13.2 Å². The largest absolute Gasteiger partial charge is 0.375 e. The summed E-state index contributed by atoms with van der Waals surface area (Å²) in [6.45, 7) is 0. The fourth-order valence-electron chi connectivity index (χ4n) is 3.30. The maximum Gasteiger partial charge on any atom is 0.195 e. The summed E-state index contributed by atoms with van der Waals surface area (Å²) in [4.78, 5) is 16.8. The van der Waals surface area contributed by atoms with E-state index in [1.165, 1.54) is 19.4 Å². The van der Waals surface area contributed by atoms with Gasteiger partial charge in [-0.3, -0.25) is 9.78 Å². The van der Waals surface area contributed by atoms with Gasteiger partial charge in [-0.15, -0.1) is 0 Å². The van der Waals surface area contributed by atoms with Crippen LogP contribution in [0.5, 0.6) is 0 Å². The van der Waals surface area contributed by atoms with Crippen LogP contribution in [0, 0.1) is 11.6 Å². The Morgan fingerprint density at radius 3 is 2.88 bits per heavy atom. The monoisotopic (exact) mass is 349 g/mol. The lowest BCUT2D eigenvalue weighted by Crippen LogP contribution is -2.37. The van der Waals surface area contributed by atoms with Crippen molar-refractivity contribution in [2.24, 2.45) is 0 Å². The van der Waals surface area contributed by atoms with Gasteiger partial charge in [-0.1, -0.05) is 12.1 Å². The van der Waals surface area contributed by atoms with Gasteiger partial charge in [0.25, 0.3) is 0 Å². The van der Waals surface area contributed by atoms with E-state index in [4.69, 9.17) is 4.74 Å². The summed E-state index contributed by atoms with van der Waals surface area (Å²) in [5.74, 6) is -2.04. The minimum absolute atomic E-state index is 0.00503. The van der Waals surface area contributed by atoms with Gasteiger partial charge in [0.05, 0.1) is 11.8 Å². The molecule has 1 aliphatic rings. The molecule has 3 nitrogen and oxygen atoms in total. The molecule has 0 N–H and O–H groups in total. The van der Waals surface area contributed by atoms with Crippen LogP contribution in [0.2, 0.25) is 0 Å². The number of alkyl halides is 1. The second-order valence-corrected chi connectivity index (χ2v) is 6.16. The van der Waals surface area contributed by atoms with E-state index in [0.29, 0.717) is 12.1 Å². The van der Waals surface area contributed by atoms with Gasteiger partial charge in [0, 0.05) is 31.4 Å². The van der Waals surface area contributed by atoms with Crippen molar-refractivity contribution >= 4 is 5.78 Å². The molecule has 1 heterocycles. The first-order valence-electron chi connectivity index (χ1n) is 8.10. The van der Waals surface area contributed by atoms with Crippen molar-refractivity contribution in [3.8, 4) is 0 Å². The van der Waals surface area contributed by atoms with Gasteiger partial charge in [0.2, 0.25) is 0 Å². The third-order valence-corrected chi connectivity index (χ3v) is 4.68. The topological polar surface area (TPSA) is 39.2 Å². The van der Waals surface area contributed by atoms with Crippen molar-refractivity contribution in [2.45, 2.75) is 37.5 Å². The molecule has 0 fully saturated rings. The highest BCUT2D eigenvalue weighted by atomic mass is 19.1. The maximum absolute atomic E-state index is 15.5. The van der Waals surface area contributed by atoms with Gasteiger partial charge in [-0.2, -0.15) is 0 Å². The van der Waals surface area contributed by atoms with Gasteiger partial charge >= 0.3 is 0 Å². The van der Waals surface area contributed by atoms with E-state index in [1.54, 1.807) is 12.1 Å². The first-order chi connectivity index (χ1) is 12.0. The number of ketones is 1. The SMILES string of the molecule is CO[C@H]1CC[C@@](F)(C(=O)CCc2ccc(F)cc2F)c2cccnc21. The van der Waals surface area contributed by atoms with E-state index in [9.17, 15) is 13.6 Å². The summed E-state index contributed by atoms with van der Waals surface area (Å²) in [5, 5.41) is 0. The number of nitrogens with zero attached hydrogens (tertiary/aromatic N) is 1. The predicted octanol–water partition coefficient (Wildman–Crippen LogP) is 4.21. The number of pyridine rings is 1. The molecule has 6 heteroatoms. The number of Topliss-reactive ketones (excluding diaryl/α,β-unsaturated/α-hetero) is 1. The zero-order valence-corrected chi connectivity index (χ0v) is 13.8. The number of aryl methyl sites for hydroxylation is 1. The average molecular weight is 349 g/mol. The minimum atomic E-state index is -2.16. The molecular weight excluding hydrogens is 331 g/mol. The Morgan fingerprint density at radius 1 is 1.36 bits per heavy atom. The molecule has 3 rings (SSSR count). The molecule has 1 aliphatic carbocycles. The maximum atomic E-state index is 15.5. The fourth-order valence-corrected chi connectivity index (χ4v) is 3.30. The Bertz CT molecular complexity index is 796. The van der Waals surface area contributed by atoms with E-state index in [0.717, 1.165) is 12.1 Å². The number of hydrogen-bond acceptors (Lipinski definition) is 3. The summed E-state index contributed by atoms with van der Waals surface area (Å²) >= 11 is 0. The van der Waals surface area contributed by atoms with Crippen molar-refractivity contribution in [1.29, 1.82) is 0 Å². The second kappa shape index (κ2) is 6.96. The molecule has 0 aliphatic heterocycles. The smallest absolute Gasteiger partial charge is 0.195 e. The van der Waals surface area contributed by atoms with Crippen molar-refractivity contribution < 1.29 is 22.7 Å². The Kier molecular flexibility index (Phi) is 4.90. The van der Waals surface area contributed by atoms with E-state index in [1.807, 2.05) is 0 Å². The van der Waals surface area contributed by atoms with Crippen LogP contribution in [0.1, 0.15) is 42.2 Å². The molecule has 132 valence electrons. The van der Waals surface area contributed by atoms with Crippen LogP contribution in [-0.2, 0) is 21.6 Å². The number of rotatable bonds is 5. The highest BCUT2D eigenvalue weighted by Crippen LogP contribution is 2.44. The predicted molar refractivity (Wildman–Crippen MR) is 85.7 cm³/mol. The van der Waals surface area contributed by atoms with Gasteiger partial charge in [-0.25, -0.2) is 13.2 Å². The average Bonchev–Trinajstić information content (AvgIpc) is 2.61. The molecular formula is C19H18F3NO2. The standard InChI is InChI=1S/C19H18F3NO2/c1-25-16-8-9-19(22,14-3-2-10-23-18(14)16)17(24)7-5-12-4-6-13(20)11-15(12)21/h2-4,6,10-11,16H,5,7-9H2,1H3/t16-,19-/m0/s1. The summed E-state index contributed by atoms with van der Waals surface area (Å²) < 4.78 is 47.5. The second-order valence-electron chi connectivity index (χ2n) is 6.16. The molecule has 2 aromatic rings. The van der Waals surface area contributed by atoms with Gasteiger partial charge in [-0.05, 0) is 37.0 Å². The summed E-state index contributed by atoms with van der Waals surface area (Å²) in [5.41, 5.74) is -1.32. The number of ether oxygens (including phenoxy) is 1. The quantitative estimate of drug-likeness (QED) is 0.812. The Hall–Kier alpha value is -2.21. The Labute approximate surface area is 143 Å². The van der Waals surface area contributed by atoms with Crippen LogP contribution in [-0.4, -0.2) is 17.9 Å². The van der Waals surface area contributed by atoms with E-state index < -0.39 is 23.1 Å². The highest BCUT2D eigenvalue weighted by Gasteiger charge is 2.46. The van der Waals surface area contributed by atoms with E-state index in [2.05, 4.69) is 4.98 Å². The van der Waals surface area contributed by atoms with Crippen molar-refractivity contribution in [2.75, 3.05) is 7.11 Å². The summed E-state index contributed by atoms with van der Waals surface area (Å²) in [6.07, 6.45) is 1.37. The number of hydrogen-bond donors (Lipinski definition) is 0. The number of carbonyl (C=O) groups excluding carboxylic acids is 1. The molecule has 1 aromatic carbocycles. The molecule has 0 saturated heterocycles.